The Hall–Kier alpha value is -3.35. The molecule has 0 fully saturated rings. The predicted molar refractivity (Wildman–Crippen MR) is 104 cm³/mol. The molecule has 0 aliphatic rings. The van der Waals surface area contributed by atoms with E-state index in [9.17, 15) is 0 Å². The zero-order chi connectivity index (χ0) is 18.7. The highest BCUT2D eigenvalue weighted by Crippen LogP contribution is 2.28. The molecule has 2 N–H and O–H groups in total. The van der Waals surface area contributed by atoms with Crippen LogP contribution in [-0.2, 0) is 0 Å². The molecule has 0 amide bonds. The maximum Gasteiger partial charge on any atom is 0.168 e. The van der Waals surface area contributed by atoms with Crippen LogP contribution in [0.25, 0.3) is 17.1 Å². The topological polar surface area (TPSA) is 93.8 Å². The standard InChI is InChI=1S/C19H21N7/c1-12-11-15(20)9-10-16(12)19-24-23-14(3)26(19)18-8-6-5-7-17(18)13(2)22-25-21-4/h5-11H,20H2,1-4H3/b22-13+,25-21?. The first-order valence-electron chi connectivity index (χ1n) is 8.24. The molecule has 0 saturated heterocycles. The third-order valence-corrected chi connectivity index (χ3v) is 4.14. The minimum atomic E-state index is 0.724. The van der Waals surface area contributed by atoms with Crippen molar-refractivity contribution in [2.75, 3.05) is 12.8 Å². The molecule has 1 aromatic heterocycles. The fourth-order valence-electron chi connectivity index (χ4n) is 2.90. The van der Waals surface area contributed by atoms with Gasteiger partial charge in [-0.05, 0) is 55.8 Å². The van der Waals surface area contributed by atoms with Gasteiger partial charge in [-0.25, -0.2) is 0 Å². The van der Waals surface area contributed by atoms with Gasteiger partial charge in [0.15, 0.2) is 5.82 Å². The van der Waals surface area contributed by atoms with Crippen LogP contribution in [0.3, 0.4) is 0 Å². The molecule has 0 unspecified atom stereocenters. The summed E-state index contributed by atoms with van der Waals surface area (Å²) >= 11 is 0. The van der Waals surface area contributed by atoms with E-state index >= 15 is 0 Å². The van der Waals surface area contributed by atoms with Crippen molar-refractivity contribution in [3.63, 3.8) is 0 Å². The van der Waals surface area contributed by atoms with Crippen LogP contribution in [0.4, 0.5) is 5.69 Å². The molecule has 0 spiro atoms. The van der Waals surface area contributed by atoms with Crippen LogP contribution < -0.4 is 5.73 Å². The molecule has 132 valence electrons. The quantitative estimate of drug-likeness (QED) is 0.335. The summed E-state index contributed by atoms with van der Waals surface area (Å²) in [5.41, 5.74) is 11.3. The molecule has 1 heterocycles. The van der Waals surface area contributed by atoms with Crippen LogP contribution in [-0.4, -0.2) is 27.5 Å². The Morgan fingerprint density at radius 1 is 1.08 bits per heavy atom. The zero-order valence-electron chi connectivity index (χ0n) is 15.3. The Labute approximate surface area is 152 Å². The molecule has 0 aliphatic carbocycles. The maximum absolute atomic E-state index is 5.89. The van der Waals surface area contributed by atoms with Gasteiger partial charge in [0.2, 0.25) is 0 Å². The number of nitrogen functional groups attached to an aromatic ring is 1. The molecule has 3 aromatic rings. The van der Waals surface area contributed by atoms with E-state index in [1.165, 1.54) is 0 Å². The summed E-state index contributed by atoms with van der Waals surface area (Å²) in [6.45, 7) is 5.85. The normalized spacial score (nSPS) is 12.1. The molecule has 0 saturated carbocycles. The van der Waals surface area contributed by atoms with Crippen molar-refractivity contribution in [3.8, 4) is 17.1 Å². The first kappa shape index (κ1) is 17.5. The predicted octanol–water partition coefficient (Wildman–Crippen LogP) is 3.94. The lowest BCUT2D eigenvalue weighted by atomic mass is 10.1. The van der Waals surface area contributed by atoms with Crippen molar-refractivity contribution in [2.24, 2.45) is 15.4 Å². The van der Waals surface area contributed by atoms with E-state index in [-0.39, 0.29) is 0 Å². The first-order chi connectivity index (χ1) is 12.5. The summed E-state index contributed by atoms with van der Waals surface area (Å²) in [7, 11) is 1.59. The van der Waals surface area contributed by atoms with Gasteiger partial charge >= 0.3 is 0 Å². The third kappa shape index (κ3) is 3.23. The van der Waals surface area contributed by atoms with Crippen molar-refractivity contribution in [1.82, 2.24) is 14.8 Å². The van der Waals surface area contributed by atoms with Crippen molar-refractivity contribution in [3.05, 3.63) is 59.4 Å². The van der Waals surface area contributed by atoms with Gasteiger partial charge in [-0.1, -0.05) is 18.2 Å². The Kier molecular flexibility index (Phi) is 4.88. The number of aryl methyl sites for hydroxylation is 2. The minimum absolute atomic E-state index is 0.724. The lowest BCUT2D eigenvalue weighted by Crippen LogP contribution is -2.07. The molecule has 26 heavy (non-hydrogen) atoms. The second kappa shape index (κ2) is 7.26. The molecular weight excluding hydrogens is 326 g/mol. The molecule has 2 aromatic carbocycles. The molecule has 0 atom stereocenters. The van der Waals surface area contributed by atoms with Crippen molar-refractivity contribution in [2.45, 2.75) is 20.8 Å². The van der Waals surface area contributed by atoms with E-state index in [2.05, 4.69) is 25.6 Å². The smallest absolute Gasteiger partial charge is 0.168 e. The second-order valence-corrected chi connectivity index (χ2v) is 5.97. The molecule has 0 aliphatic heterocycles. The summed E-state index contributed by atoms with van der Waals surface area (Å²) in [4.78, 5) is 0. The number of aromatic nitrogens is 3. The number of nitrogens with zero attached hydrogens (tertiary/aromatic N) is 6. The van der Waals surface area contributed by atoms with Gasteiger partial charge in [0.25, 0.3) is 0 Å². The number of anilines is 1. The summed E-state index contributed by atoms with van der Waals surface area (Å²) in [6.07, 6.45) is 0. The van der Waals surface area contributed by atoms with Crippen molar-refractivity contribution >= 4 is 11.4 Å². The van der Waals surface area contributed by atoms with E-state index < -0.39 is 0 Å². The van der Waals surface area contributed by atoms with E-state index in [4.69, 9.17) is 5.73 Å². The van der Waals surface area contributed by atoms with Gasteiger partial charge in [0.1, 0.15) is 5.82 Å². The van der Waals surface area contributed by atoms with Crippen molar-refractivity contribution < 1.29 is 0 Å². The third-order valence-electron chi connectivity index (χ3n) is 4.14. The Morgan fingerprint density at radius 2 is 1.85 bits per heavy atom. The highest BCUT2D eigenvalue weighted by molar-refractivity contribution is 6.02. The highest BCUT2D eigenvalue weighted by Gasteiger charge is 2.18. The summed E-state index contributed by atoms with van der Waals surface area (Å²) in [5, 5.41) is 20.3. The van der Waals surface area contributed by atoms with Gasteiger partial charge < -0.3 is 5.73 Å². The summed E-state index contributed by atoms with van der Waals surface area (Å²) < 4.78 is 2.02. The number of hydrogen-bond acceptors (Lipinski definition) is 5. The number of rotatable bonds is 4. The summed E-state index contributed by atoms with van der Waals surface area (Å²) in [6, 6.07) is 13.7. The molecule has 0 radical (unpaired) electrons. The highest BCUT2D eigenvalue weighted by atomic mass is 15.4. The lowest BCUT2D eigenvalue weighted by Gasteiger charge is -2.14. The Balaban J connectivity index is 2.23. The van der Waals surface area contributed by atoms with Crippen LogP contribution in [0.5, 0.6) is 0 Å². The molecule has 7 heteroatoms. The SMILES string of the molecule is CN=N/N=C(\C)c1ccccc1-n1c(C)nnc1-c1ccc(N)cc1C. The van der Waals surface area contributed by atoms with Gasteiger partial charge in [0.05, 0.1) is 18.4 Å². The fraction of sp³-hybridized carbons (Fsp3) is 0.211. The van der Waals surface area contributed by atoms with E-state index in [0.717, 1.165) is 45.4 Å². The second-order valence-electron chi connectivity index (χ2n) is 5.97. The molecule has 0 bridgehead atoms. The van der Waals surface area contributed by atoms with Crippen LogP contribution in [0.15, 0.2) is 57.9 Å². The van der Waals surface area contributed by atoms with E-state index in [1.54, 1.807) is 7.05 Å². The number of para-hydroxylation sites is 1. The van der Waals surface area contributed by atoms with Gasteiger partial charge in [0, 0.05) is 16.8 Å². The number of benzene rings is 2. The van der Waals surface area contributed by atoms with Crippen LogP contribution in [0.1, 0.15) is 23.9 Å². The average molecular weight is 347 g/mol. The maximum atomic E-state index is 5.89. The van der Waals surface area contributed by atoms with E-state index in [1.807, 2.05) is 67.8 Å². The van der Waals surface area contributed by atoms with E-state index in [0.29, 0.717) is 0 Å². The number of nitrogens with two attached hydrogens (primary N) is 1. The van der Waals surface area contributed by atoms with Gasteiger partial charge in [-0.3, -0.25) is 4.57 Å². The van der Waals surface area contributed by atoms with Crippen LogP contribution in [0.2, 0.25) is 0 Å². The monoisotopic (exact) mass is 347 g/mol. The van der Waals surface area contributed by atoms with Crippen molar-refractivity contribution in [1.29, 1.82) is 0 Å². The lowest BCUT2D eigenvalue weighted by molar-refractivity contribution is 0.967. The number of hydrogen-bond donors (Lipinski definition) is 1. The van der Waals surface area contributed by atoms with Gasteiger partial charge in [-0.2, -0.15) is 5.11 Å². The largest absolute Gasteiger partial charge is 0.399 e. The summed E-state index contributed by atoms with van der Waals surface area (Å²) in [5.74, 6) is 1.55. The Morgan fingerprint density at radius 3 is 2.58 bits per heavy atom. The Bertz CT molecular complexity index is 999. The minimum Gasteiger partial charge on any atom is -0.399 e. The molecule has 7 nitrogen and oxygen atoms in total. The first-order valence-corrected chi connectivity index (χ1v) is 8.24. The molecular formula is C19H21N7. The fourth-order valence-corrected chi connectivity index (χ4v) is 2.90. The van der Waals surface area contributed by atoms with Crippen LogP contribution in [0, 0.1) is 13.8 Å². The zero-order valence-corrected chi connectivity index (χ0v) is 15.3. The van der Waals surface area contributed by atoms with Gasteiger partial charge in [-0.15, -0.1) is 15.3 Å². The van der Waals surface area contributed by atoms with Crippen LogP contribution >= 0.6 is 0 Å². The molecule has 3 rings (SSSR count). The average Bonchev–Trinajstić information content (AvgIpc) is 3.00.